The summed E-state index contributed by atoms with van der Waals surface area (Å²) in [6.07, 6.45) is 0. The van der Waals surface area contributed by atoms with E-state index in [1.807, 2.05) is 12.1 Å². The van der Waals surface area contributed by atoms with Crippen molar-refractivity contribution in [3.05, 3.63) is 46.9 Å². The van der Waals surface area contributed by atoms with Crippen LogP contribution < -0.4 is 5.32 Å². The van der Waals surface area contributed by atoms with Crippen LogP contribution in [0.1, 0.15) is 16.3 Å². The SMILES string of the molecule is Cc1nc(Nc2cccc(Cl)c2)cc(C(=O)N2CCOCC2)n1. The molecule has 0 radical (unpaired) electrons. The van der Waals surface area contributed by atoms with E-state index in [0.29, 0.717) is 48.7 Å². The van der Waals surface area contributed by atoms with E-state index in [9.17, 15) is 4.79 Å². The molecule has 1 aromatic carbocycles. The summed E-state index contributed by atoms with van der Waals surface area (Å²) >= 11 is 5.98. The minimum atomic E-state index is -0.104. The quantitative estimate of drug-likeness (QED) is 0.936. The number of anilines is 2. The van der Waals surface area contributed by atoms with Crippen molar-refractivity contribution in [2.45, 2.75) is 6.92 Å². The van der Waals surface area contributed by atoms with Crippen molar-refractivity contribution < 1.29 is 9.53 Å². The molecule has 0 unspecified atom stereocenters. The van der Waals surface area contributed by atoms with Crippen molar-refractivity contribution in [3.63, 3.8) is 0 Å². The highest BCUT2D eigenvalue weighted by Gasteiger charge is 2.20. The molecule has 1 aliphatic rings. The van der Waals surface area contributed by atoms with Crippen molar-refractivity contribution in [2.24, 2.45) is 0 Å². The van der Waals surface area contributed by atoms with E-state index in [4.69, 9.17) is 16.3 Å². The Morgan fingerprint density at radius 3 is 2.78 bits per heavy atom. The Morgan fingerprint density at radius 2 is 2.04 bits per heavy atom. The van der Waals surface area contributed by atoms with E-state index >= 15 is 0 Å². The molecule has 1 fully saturated rings. The van der Waals surface area contributed by atoms with Gasteiger partial charge in [0.2, 0.25) is 0 Å². The molecule has 0 bridgehead atoms. The highest BCUT2D eigenvalue weighted by molar-refractivity contribution is 6.30. The highest BCUT2D eigenvalue weighted by atomic mass is 35.5. The van der Waals surface area contributed by atoms with Gasteiger partial charge in [-0.05, 0) is 25.1 Å². The third-order valence-electron chi connectivity index (χ3n) is 3.45. The number of nitrogens with zero attached hydrogens (tertiary/aromatic N) is 3. The summed E-state index contributed by atoms with van der Waals surface area (Å²) in [5, 5.41) is 3.78. The summed E-state index contributed by atoms with van der Waals surface area (Å²) in [5.74, 6) is 0.998. The van der Waals surface area contributed by atoms with Gasteiger partial charge in [-0.25, -0.2) is 9.97 Å². The smallest absolute Gasteiger partial charge is 0.272 e. The van der Waals surface area contributed by atoms with Gasteiger partial charge in [-0.15, -0.1) is 0 Å². The second kappa shape index (κ2) is 6.93. The molecule has 1 aliphatic heterocycles. The number of aryl methyl sites for hydroxylation is 1. The first-order valence-electron chi connectivity index (χ1n) is 7.37. The molecular formula is C16H17ClN4O2. The summed E-state index contributed by atoms with van der Waals surface area (Å²) in [5.41, 5.74) is 1.18. The largest absolute Gasteiger partial charge is 0.378 e. The van der Waals surface area contributed by atoms with Crippen LogP contribution in [0.3, 0.4) is 0 Å². The summed E-state index contributed by atoms with van der Waals surface area (Å²) in [6.45, 7) is 4.05. The van der Waals surface area contributed by atoms with Gasteiger partial charge in [-0.1, -0.05) is 17.7 Å². The maximum absolute atomic E-state index is 12.5. The van der Waals surface area contributed by atoms with Crippen LogP contribution in [-0.4, -0.2) is 47.1 Å². The van der Waals surface area contributed by atoms with Gasteiger partial charge in [0.05, 0.1) is 13.2 Å². The Kier molecular flexibility index (Phi) is 4.73. The monoisotopic (exact) mass is 332 g/mol. The third kappa shape index (κ3) is 3.97. The number of hydrogen-bond donors (Lipinski definition) is 1. The van der Waals surface area contributed by atoms with Crippen LogP contribution in [0.15, 0.2) is 30.3 Å². The van der Waals surface area contributed by atoms with Crippen LogP contribution in [0.2, 0.25) is 5.02 Å². The van der Waals surface area contributed by atoms with Crippen molar-refractivity contribution in [1.29, 1.82) is 0 Å². The first kappa shape index (κ1) is 15.7. The lowest BCUT2D eigenvalue weighted by Crippen LogP contribution is -2.41. The minimum Gasteiger partial charge on any atom is -0.378 e. The number of ether oxygens (including phenoxy) is 1. The zero-order chi connectivity index (χ0) is 16.2. The number of morpholine rings is 1. The maximum atomic E-state index is 12.5. The summed E-state index contributed by atoms with van der Waals surface area (Å²) in [4.78, 5) is 22.9. The van der Waals surface area contributed by atoms with Gasteiger partial charge in [0, 0.05) is 29.9 Å². The fraction of sp³-hybridized carbons (Fsp3) is 0.312. The molecule has 1 saturated heterocycles. The van der Waals surface area contributed by atoms with Crippen LogP contribution in [0.5, 0.6) is 0 Å². The minimum absolute atomic E-state index is 0.104. The van der Waals surface area contributed by atoms with Gasteiger partial charge in [0.1, 0.15) is 17.3 Å². The van der Waals surface area contributed by atoms with E-state index in [-0.39, 0.29) is 5.91 Å². The number of hydrogen-bond acceptors (Lipinski definition) is 5. The van der Waals surface area contributed by atoms with Crippen molar-refractivity contribution in [2.75, 3.05) is 31.6 Å². The number of carbonyl (C=O) groups is 1. The Balaban J connectivity index is 1.82. The number of nitrogens with one attached hydrogen (secondary N) is 1. The lowest BCUT2D eigenvalue weighted by Gasteiger charge is -2.26. The fourth-order valence-electron chi connectivity index (χ4n) is 2.38. The fourth-order valence-corrected chi connectivity index (χ4v) is 2.57. The summed E-state index contributed by atoms with van der Waals surface area (Å²) in [6, 6.07) is 8.98. The molecule has 7 heteroatoms. The van der Waals surface area contributed by atoms with E-state index in [0.717, 1.165) is 5.69 Å². The van der Waals surface area contributed by atoms with Crippen LogP contribution in [-0.2, 0) is 4.74 Å². The third-order valence-corrected chi connectivity index (χ3v) is 3.69. The molecule has 2 heterocycles. The molecule has 0 atom stereocenters. The molecule has 1 aromatic heterocycles. The number of benzene rings is 1. The molecule has 6 nitrogen and oxygen atoms in total. The topological polar surface area (TPSA) is 67.4 Å². The molecule has 1 N–H and O–H groups in total. The van der Waals surface area contributed by atoms with E-state index in [2.05, 4.69) is 15.3 Å². The normalized spacial score (nSPS) is 14.6. The molecule has 0 aliphatic carbocycles. The molecule has 3 rings (SSSR count). The van der Waals surface area contributed by atoms with Gasteiger partial charge in [0.15, 0.2) is 0 Å². The van der Waals surface area contributed by atoms with Crippen molar-refractivity contribution in [1.82, 2.24) is 14.9 Å². The van der Waals surface area contributed by atoms with E-state index < -0.39 is 0 Å². The Morgan fingerprint density at radius 1 is 1.26 bits per heavy atom. The zero-order valence-corrected chi connectivity index (χ0v) is 13.5. The van der Waals surface area contributed by atoms with Gasteiger partial charge in [-0.3, -0.25) is 4.79 Å². The predicted molar refractivity (Wildman–Crippen MR) is 88.2 cm³/mol. The highest BCUT2D eigenvalue weighted by Crippen LogP contribution is 2.20. The Hall–Kier alpha value is -2.18. The first-order chi connectivity index (χ1) is 11.1. The van der Waals surface area contributed by atoms with Crippen molar-refractivity contribution in [3.8, 4) is 0 Å². The molecule has 0 spiro atoms. The number of amides is 1. The van der Waals surface area contributed by atoms with Crippen molar-refractivity contribution >= 4 is 29.0 Å². The first-order valence-corrected chi connectivity index (χ1v) is 7.75. The summed E-state index contributed by atoms with van der Waals surface area (Å²) in [7, 11) is 0. The van der Waals surface area contributed by atoms with Crippen LogP contribution >= 0.6 is 11.6 Å². The van der Waals surface area contributed by atoms with E-state index in [1.165, 1.54) is 0 Å². The number of carbonyl (C=O) groups excluding carboxylic acids is 1. The molecule has 23 heavy (non-hydrogen) atoms. The molecule has 0 saturated carbocycles. The number of aromatic nitrogens is 2. The predicted octanol–water partition coefficient (Wildman–Crippen LogP) is 2.65. The van der Waals surface area contributed by atoms with Gasteiger partial charge in [-0.2, -0.15) is 0 Å². The zero-order valence-electron chi connectivity index (χ0n) is 12.8. The number of rotatable bonds is 3. The summed E-state index contributed by atoms with van der Waals surface area (Å²) < 4.78 is 5.27. The lowest BCUT2D eigenvalue weighted by molar-refractivity contribution is 0.0299. The Bertz CT molecular complexity index is 717. The lowest BCUT2D eigenvalue weighted by atomic mass is 10.3. The second-order valence-electron chi connectivity index (χ2n) is 5.23. The number of halogens is 1. The van der Waals surface area contributed by atoms with Crippen LogP contribution in [0, 0.1) is 6.92 Å². The molecule has 120 valence electrons. The van der Waals surface area contributed by atoms with Crippen LogP contribution in [0.4, 0.5) is 11.5 Å². The average Bonchev–Trinajstić information content (AvgIpc) is 2.54. The molecule has 1 amide bonds. The van der Waals surface area contributed by atoms with Gasteiger partial charge >= 0.3 is 0 Å². The second-order valence-corrected chi connectivity index (χ2v) is 5.66. The van der Waals surface area contributed by atoms with Crippen LogP contribution in [0.25, 0.3) is 0 Å². The maximum Gasteiger partial charge on any atom is 0.272 e. The standard InChI is InChI=1S/C16H17ClN4O2/c1-11-18-14(16(22)21-5-7-23-8-6-21)10-15(19-11)20-13-4-2-3-12(17)9-13/h2-4,9-10H,5-8H2,1H3,(H,18,19,20). The Labute approximate surface area is 139 Å². The average molecular weight is 333 g/mol. The molecular weight excluding hydrogens is 316 g/mol. The van der Waals surface area contributed by atoms with Gasteiger partial charge in [0.25, 0.3) is 5.91 Å². The van der Waals surface area contributed by atoms with E-state index in [1.54, 1.807) is 30.0 Å². The molecule has 2 aromatic rings. The van der Waals surface area contributed by atoms with Gasteiger partial charge < -0.3 is 15.0 Å².